The lowest BCUT2D eigenvalue weighted by molar-refractivity contribution is -0.262. The van der Waals surface area contributed by atoms with Gasteiger partial charge in [-0.2, -0.15) is 13.2 Å². The third-order valence-corrected chi connectivity index (χ3v) is 7.08. The molecule has 2 atom stereocenters. The molecule has 2 aliphatic heterocycles. The van der Waals surface area contributed by atoms with Crippen LogP contribution >= 0.6 is 0 Å². The highest BCUT2D eigenvalue weighted by molar-refractivity contribution is 5.87. The van der Waals surface area contributed by atoms with E-state index in [1.807, 2.05) is 6.07 Å². The average Bonchev–Trinajstić information content (AvgIpc) is 2.83. The summed E-state index contributed by atoms with van der Waals surface area (Å²) in [5.74, 6) is -1.30. The molecule has 1 unspecified atom stereocenters. The summed E-state index contributed by atoms with van der Waals surface area (Å²) in [5, 5.41) is 13.5. The first kappa shape index (κ1) is 24.0. The molecule has 0 aliphatic carbocycles. The highest BCUT2D eigenvalue weighted by atomic mass is 19.4. The number of pyridine rings is 1. The molecule has 1 spiro atoms. The van der Waals surface area contributed by atoms with Crippen molar-refractivity contribution in [3.05, 3.63) is 59.8 Å². The quantitative estimate of drug-likeness (QED) is 0.707. The van der Waals surface area contributed by atoms with E-state index in [9.17, 15) is 27.9 Å². The van der Waals surface area contributed by atoms with Crippen LogP contribution < -0.4 is 10.1 Å². The topological polar surface area (TPSA) is 91.8 Å². The number of alkyl halides is 3. The number of carbonyl (C=O) groups excluding carboxylic acids is 2. The number of nitrogens with zero attached hydrogens (tertiary/aromatic N) is 2. The van der Waals surface area contributed by atoms with E-state index < -0.39 is 28.7 Å². The number of rotatable bonds is 4. The van der Waals surface area contributed by atoms with Gasteiger partial charge in [0, 0.05) is 49.3 Å². The van der Waals surface area contributed by atoms with Crippen LogP contribution in [-0.2, 0) is 15.2 Å². The van der Waals surface area contributed by atoms with E-state index in [-0.39, 0.29) is 31.3 Å². The van der Waals surface area contributed by atoms with Gasteiger partial charge < -0.3 is 20.1 Å². The molecule has 2 aliphatic rings. The summed E-state index contributed by atoms with van der Waals surface area (Å²) < 4.78 is 47.4. The number of likely N-dealkylation sites (tertiary alicyclic amines) is 1. The van der Waals surface area contributed by atoms with Gasteiger partial charge in [0.2, 0.25) is 11.8 Å². The molecule has 34 heavy (non-hydrogen) atoms. The number of amides is 2. The molecule has 4 rings (SSSR count). The lowest BCUT2D eigenvalue weighted by Crippen LogP contribution is -2.59. The predicted octanol–water partition coefficient (Wildman–Crippen LogP) is 2.75. The molecular formula is C24H26F3N3O4. The van der Waals surface area contributed by atoms with E-state index in [2.05, 4.69) is 10.3 Å². The van der Waals surface area contributed by atoms with Crippen LogP contribution in [0.4, 0.5) is 13.2 Å². The maximum absolute atomic E-state index is 14.0. The minimum Gasteiger partial charge on any atom is -0.481 e. The second-order valence-electron chi connectivity index (χ2n) is 8.86. The van der Waals surface area contributed by atoms with Crippen molar-refractivity contribution in [2.24, 2.45) is 5.41 Å². The van der Waals surface area contributed by atoms with Crippen LogP contribution in [0.1, 0.15) is 36.3 Å². The fourth-order valence-electron chi connectivity index (χ4n) is 5.21. The van der Waals surface area contributed by atoms with Gasteiger partial charge in [-0.25, -0.2) is 4.98 Å². The van der Waals surface area contributed by atoms with Gasteiger partial charge in [0.15, 0.2) is 0 Å². The van der Waals surface area contributed by atoms with Gasteiger partial charge in [-0.05, 0) is 24.3 Å². The first-order chi connectivity index (χ1) is 16.1. The summed E-state index contributed by atoms with van der Waals surface area (Å²) in [6, 6.07) is 10.0. The number of nitrogens with one attached hydrogen (secondary N) is 1. The molecule has 182 valence electrons. The molecule has 0 saturated carbocycles. The Morgan fingerprint density at radius 2 is 1.85 bits per heavy atom. The van der Waals surface area contributed by atoms with Crippen LogP contribution in [0.2, 0.25) is 0 Å². The molecule has 0 bridgehead atoms. The van der Waals surface area contributed by atoms with Crippen molar-refractivity contribution < 1.29 is 32.6 Å². The lowest BCUT2D eigenvalue weighted by Gasteiger charge is -2.49. The Morgan fingerprint density at radius 1 is 1.18 bits per heavy atom. The monoisotopic (exact) mass is 477 g/mol. The maximum atomic E-state index is 14.0. The largest absolute Gasteiger partial charge is 0.481 e. The lowest BCUT2D eigenvalue weighted by atomic mass is 9.62. The van der Waals surface area contributed by atoms with Gasteiger partial charge in [0.25, 0.3) is 11.5 Å². The van der Waals surface area contributed by atoms with Crippen LogP contribution in [0.15, 0.2) is 48.7 Å². The molecule has 2 amide bonds. The molecule has 2 N–H and O–H groups in total. The Morgan fingerprint density at radius 3 is 2.47 bits per heavy atom. The summed E-state index contributed by atoms with van der Waals surface area (Å²) in [6.07, 6.45) is -2.81. The number of methoxy groups -OCH3 is 1. The van der Waals surface area contributed by atoms with E-state index in [4.69, 9.17) is 4.74 Å². The van der Waals surface area contributed by atoms with Crippen LogP contribution in [0.5, 0.6) is 5.88 Å². The molecule has 2 aromatic rings. The van der Waals surface area contributed by atoms with Gasteiger partial charge >= 0.3 is 6.18 Å². The second-order valence-corrected chi connectivity index (χ2v) is 8.86. The van der Waals surface area contributed by atoms with Crippen molar-refractivity contribution in [3.63, 3.8) is 0 Å². The Labute approximate surface area is 194 Å². The summed E-state index contributed by atoms with van der Waals surface area (Å²) >= 11 is 0. The van der Waals surface area contributed by atoms with Crippen molar-refractivity contribution in [1.29, 1.82) is 0 Å². The number of hydrogen-bond donors (Lipinski definition) is 2. The Balaban J connectivity index is 1.61. The van der Waals surface area contributed by atoms with Gasteiger partial charge in [-0.15, -0.1) is 0 Å². The van der Waals surface area contributed by atoms with E-state index in [1.165, 1.54) is 25.3 Å². The van der Waals surface area contributed by atoms with Gasteiger partial charge in [0.05, 0.1) is 7.11 Å². The zero-order chi connectivity index (χ0) is 24.6. The van der Waals surface area contributed by atoms with Crippen LogP contribution in [0, 0.1) is 5.41 Å². The number of piperidine rings is 2. The fraction of sp³-hybridized carbons (Fsp3) is 0.458. The van der Waals surface area contributed by atoms with Crippen molar-refractivity contribution in [2.75, 3.05) is 26.7 Å². The number of hydrogen-bond acceptors (Lipinski definition) is 5. The Kier molecular flexibility index (Phi) is 6.28. The summed E-state index contributed by atoms with van der Waals surface area (Å²) in [5.41, 5.74) is -3.93. The number of ether oxygens (including phenoxy) is 1. The summed E-state index contributed by atoms with van der Waals surface area (Å²) in [6.45, 7) is 0.304. The van der Waals surface area contributed by atoms with Crippen LogP contribution in [0.25, 0.3) is 0 Å². The van der Waals surface area contributed by atoms with Crippen molar-refractivity contribution >= 4 is 11.8 Å². The van der Waals surface area contributed by atoms with Crippen molar-refractivity contribution in [1.82, 2.24) is 15.2 Å². The minimum atomic E-state index is -5.20. The van der Waals surface area contributed by atoms with Crippen LogP contribution in [-0.4, -0.2) is 59.7 Å². The molecule has 0 radical (unpaired) electrons. The van der Waals surface area contributed by atoms with Gasteiger partial charge in [-0.3, -0.25) is 9.59 Å². The normalized spacial score (nSPS) is 22.1. The summed E-state index contributed by atoms with van der Waals surface area (Å²) in [7, 11) is 1.50. The molecule has 2 fully saturated rings. The van der Waals surface area contributed by atoms with E-state index in [0.29, 0.717) is 25.3 Å². The SMILES string of the molecule is COc1ncccc1C1CNC(=O)CC12CCN(C(=O)[C@](O)(c1ccccc1)C(F)(F)F)CC2. The second kappa shape index (κ2) is 8.90. The number of halogens is 3. The molecule has 10 heteroatoms. The molecular weight excluding hydrogens is 451 g/mol. The van der Waals surface area contributed by atoms with Gasteiger partial charge in [-0.1, -0.05) is 36.4 Å². The first-order valence-corrected chi connectivity index (χ1v) is 11.0. The van der Waals surface area contributed by atoms with Crippen molar-refractivity contribution in [2.45, 2.75) is 37.0 Å². The number of aliphatic hydroxyl groups is 1. The number of aromatic nitrogens is 1. The third kappa shape index (κ3) is 4.00. The molecule has 1 aromatic heterocycles. The smallest absolute Gasteiger partial charge is 0.430 e. The zero-order valence-electron chi connectivity index (χ0n) is 18.6. The maximum Gasteiger partial charge on any atom is 0.430 e. The van der Waals surface area contributed by atoms with Gasteiger partial charge in [0.1, 0.15) is 0 Å². The zero-order valence-corrected chi connectivity index (χ0v) is 18.6. The third-order valence-electron chi connectivity index (χ3n) is 7.08. The number of carbonyl (C=O) groups is 2. The molecule has 3 heterocycles. The summed E-state index contributed by atoms with van der Waals surface area (Å²) in [4.78, 5) is 30.7. The average molecular weight is 477 g/mol. The molecule has 2 saturated heterocycles. The first-order valence-electron chi connectivity index (χ1n) is 11.0. The standard InChI is InChI=1S/C24H26F3N3O4/c1-34-20-17(8-5-11-28-20)18-15-29-19(31)14-22(18)9-12-30(13-10-22)21(32)23(33,24(25,26)27)16-6-3-2-4-7-16/h2-8,11,18,33H,9-10,12-15H2,1H3,(H,29,31)/t18?,23-/m1/s1. The highest BCUT2D eigenvalue weighted by Crippen LogP contribution is 2.51. The van der Waals surface area contributed by atoms with Crippen LogP contribution in [0.3, 0.4) is 0 Å². The predicted molar refractivity (Wildman–Crippen MR) is 116 cm³/mol. The van der Waals surface area contributed by atoms with E-state index in [0.717, 1.165) is 22.6 Å². The Bertz CT molecular complexity index is 1050. The highest BCUT2D eigenvalue weighted by Gasteiger charge is 2.62. The van der Waals surface area contributed by atoms with E-state index >= 15 is 0 Å². The molecule has 7 nitrogen and oxygen atoms in total. The minimum absolute atomic E-state index is 0.0174. The van der Waals surface area contributed by atoms with E-state index in [1.54, 1.807) is 12.3 Å². The fourth-order valence-corrected chi connectivity index (χ4v) is 5.21. The molecule has 1 aromatic carbocycles. The van der Waals surface area contributed by atoms with Crippen molar-refractivity contribution in [3.8, 4) is 5.88 Å². The number of benzene rings is 1. The Hall–Kier alpha value is -3.14.